The van der Waals surface area contributed by atoms with Crippen LogP contribution in [0.5, 0.6) is 0 Å². The molecule has 1 atom stereocenters. The summed E-state index contributed by atoms with van der Waals surface area (Å²) in [7, 11) is 0. The van der Waals surface area contributed by atoms with Gasteiger partial charge in [0.15, 0.2) is 0 Å². The molecule has 2 aliphatic carbocycles. The number of carbonyl (C=O) groups is 3. The highest BCUT2D eigenvalue weighted by atomic mass is 16.4. The maximum Gasteiger partial charge on any atom is 0.303 e. The lowest BCUT2D eigenvalue weighted by molar-refractivity contribution is -0.137. The van der Waals surface area contributed by atoms with Crippen LogP contribution < -0.4 is 10.6 Å². The van der Waals surface area contributed by atoms with Crippen LogP contribution in [0.25, 0.3) is 0 Å². The fourth-order valence-electron chi connectivity index (χ4n) is 3.78. The summed E-state index contributed by atoms with van der Waals surface area (Å²) >= 11 is 0. The summed E-state index contributed by atoms with van der Waals surface area (Å²) in [6, 6.07) is 0.0833. The van der Waals surface area contributed by atoms with Crippen LogP contribution in [-0.4, -0.2) is 35.0 Å². The van der Waals surface area contributed by atoms with Gasteiger partial charge in [-0.3, -0.25) is 14.4 Å². The lowest BCUT2D eigenvalue weighted by Crippen LogP contribution is -2.44. The van der Waals surface area contributed by atoms with E-state index >= 15 is 0 Å². The Morgan fingerprint density at radius 1 is 0.958 bits per heavy atom. The average molecular weight is 338 g/mol. The predicted molar refractivity (Wildman–Crippen MR) is 90.3 cm³/mol. The van der Waals surface area contributed by atoms with Crippen molar-refractivity contribution in [1.82, 2.24) is 10.6 Å². The Bertz CT molecular complexity index is 452. The standard InChI is InChI=1S/C18H30N2O4/c1-12(6-11-16(21)22)19-17(23)14-7-9-15(10-8-14)20-18(24)13-4-2-3-5-13/h12-15H,2-11H2,1H3,(H,19,23)(H,20,24)(H,21,22). The average Bonchev–Trinajstić information content (AvgIpc) is 3.08. The predicted octanol–water partition coefficient (Wildman–Crippen LogP) is 2.22. The molecule has 2 saturated carbocycles. The Kier molecular flexibility index (Phi) is 7.06. The zero-order valence-corrected chi connectivity index (χ0v) is 14.6. The highest BCUT2D eigenvalue weighted by Crippen LogP contribution is 2.28. The van der Waals surface area contributed by atoms with E-state index in [1.54, 1.807) is 0 Å². The number of aliphatic carboxylic acids is 1. The number of hydrogen-bond acceptors (Lipinski definition) is 3. The van der Waals surface area contributed by atoms with Gasteiger partial charge in [0.1, 0.15) is 0 Å². The van der Waals surface area contributed by atoms with E-state index in [4.69, 9.17) is 5.11 Å². The van der Waals surface area contributed by atoms with Crippen LogP contribution in [0.1, 0.15) is 71.1 Å². The zero-order valence-electron chi connectivity index (χ0n) is 14.6. The molecule has 0 aromatic carbocycles. The number of rotatable bonds is 7. The summed E-state index contributed by atoms with van der Waals surface area (Å²) in [5, 5.41) is 14.8. The molecule has 0 aromatic rings. The number of carboxylic acid groups (broad SMARTS) is 1. The van der Waals surface area contributed by atoms with Crippen LogP contribution in [0.3, 0.4) is 0 Å². The Morgan fingerprint density at radius 3 is 2.12 bits per heavy atom. The fraction of sp³-hybridized carbons (Fsp3) is 0.833. The number of nitrogens with one attached hydrogen (secondary N) is 2. The third-order valence-electron chi connectivity index (χ3n) is 5.35. The second kappa shape index (κ2) is 9.04. The molecule has 3 N–H and O–H groups in total. The Hall–Kier alpha value is -1.59. The lowest BCUT2D eigenvalue weighted by atomic mass is 9.85. The minimum absolute atomic E-state index is 0.0167. The first-order chi connectivity index (χ1) is 11.5. The third kappa shape index (κ3) is 5.80. The van der Waals surface area contributed by atoms with E-state index in [2.05, 4.69) is 10.6 Å². The molecule has 0 aliphatic heterocycles. The maximum absolute atomic E-state index is 12.2. The van der Waals surface area contributed by atoms with Crippen LogP contribution in [0, 0.1) is 11.8 Å². The van der Waals surface area contributed by atoms with E-state index < -0.39 is 5.97 Å². The van der Waals surface area contributed by atoms with Crippen molar-refractivity contribution in [1.29, 1.82) is 0 Å². The fourth-order valence-corrected chi connectivity index (χ4v) is 3.78. The number of carboxylic acids is 1. The molecule has 6 heteroatoms. The highest BCUT2D eigenvalue weighted by Gasteiger charge is 2.30. The van der Waals surface area contributed by atoms with Crippen molar-refractivity contribution in [2.24, 2.45) is 11.8 Å². The molecule has 136 valence electrons. The molecular formula is C18H30N2O4. The minimum atomic E-state index is -0.838. The molecule has 0 heterocycles. The van der Waals surface area contributed by atoms with Crippen molar-refractivity contribution >= 4 is 17.8 Å². The van der Waals surface area contributed by atoms with Crippen LogP contribution in [-0.2, 0) is 14.4 Å². The molecule has 2 fully saturated rings. The molecule has 2 rings (SSSR count). The van der Waals surface area contributed by atoms with Gasteiger partial charge in [-0.1, -0.05) is 12.8 Å². The second-order valence-electron chi connectivity index (χ2n) is 7.38. The largest absolute Gasteiger partial charge is 0.481 e. The molecule has 0 bridgehead atoms. The van der Waals surface area contributed by atoms with Gasteiger partial charge in [0.05, 0.1) is 0 Å². The van der Waals surface area contributed by atoms with Crippen LogP contribution >= 0.6 is 0 Å². The molecular weight excluding hydrogens is 308 g/mol. The van der Waals surface area contributed by atoms with Crippen molar-refractivity contribution in [2.45, 2.75) is 83.2 Å². The van der Waals surface area contributed by atoms with Crippen molar-refractivity contribution in [2.75, 3.05) is 0 Å². The highest BCUT2D eigenvalue weighted by molar-refractivity contribution is 5.80. The number of hydrogen-bond donors (Lipinski definition) is 3. The minimum Gasteiger partial charge on any atom is -0.481 e. The molecule has 6 nitrogen and oxygen atoms in total. The monoisotopic (exact) mass is 338 g/mol. The van der Waals surface area contributed by atoms with Gasteiger partial charge in [-0.2, -0.15) is 0 Å². The molecule has 2 aliphatic rings. The second-order valence-corrected chi connectivity index (χ2v) is 7.38. The van der Waals surface area contributed by atoms with Crippen LogP contribution in [0.15, 0.2) is 0 Å². The lowest BCUT2D eigenvalue weighted by Gasteiger charge is -2.30. The van der Waals surface area contributed by atoms with Gasteiger partial charge < -0.3 is 15.7 Å². The van der Waals surface area contributed by atoms with E-state index in [0.717, 1.165) is 51.4 Å². The maximum atomic E-state index is 12.2. The smallest absolute Gasteiger partial charge is 0.303 e. The van der Waals surface area contributed by atoms with Crippen molar-refractivity contribution in [3.05, 3.63) is 0 Å². The number of carbonyl (C=O) groups excluding carboxylic acids is 2. The molecule has 0 spiro atoms. The topological polar surface area (TPSA) is 95.5 Å². The van der Waals surface area contributed by atoms with Gasteiger partial charge >= 0.3 is 5.97 Å². The van der Waals surface area contributed by atoms with E-state index in [9.17, 15) is 14.4 Å². The van der Waals surface area contributed by atoms with E-state index in [1.807, 2.05) is 6.92 Å². The number of amides is 2. The van der Waals surface area contributed by atoms with Gasteiger partial charge in [0.25, 0.3) is 0 Å². The van der Waals surface area contributed by atoms with E-state index in [1.165, 1.54) is 0 Å². The molecule has 0 saturated heterocycles. The summed E-state index contributed by atoms with van der Waals surface area (Å²) in [6.07, 6.45) is 8.13. The molecule has 2 amide bonds. The van der Waals surface area contributed by atoms with Crippen molar-refractivity contribution in [3.8, 4) is 0 Å². The van der Waals surface area contributed by atoms with E-state index in [-0.39, 0.29) is 42.2 Å². The summed E-state index contributed by atoms with van der Waals surface area (Å²) in [6.45, 7) is 1.84. The first kappa shape index (κ1) is 18.7. The van der Waals surface area contributed by atoms with Crippen molar-refractivity contribution < 1.29 is 19.5 Å². The molecule has 1 unspecified atom stereocenters. The molecule has 0 aromatic heterocycles. The van der Waals surface area contributed by atoms with Gasteiger partial charge in [-0.05, 0) is 51.9 Å². The van der Waals surface area contributed by atoms with Crippen LogP contribution in [0.4, 0.5) is 0 Å². The third-order valence-corrected chi connectivity index (χ3v) is 5.35. The Balaban J connectivity index is 1.66. The summed E-state index contributed by atoms with van der Waals surface area (Å²) < 4.78 is 0. The first-order valence-corrected chi connectivity index (χ1v) is 9.28. The summed E-state index contributed by atoms with van der Waals surface area (Å²) in [5.41, 5.74) is 0. The van der Waals surface area contributed by atoms with Crippen molar-refractivity contribution in [3.63, 3.8) is 0 Å². The quantitative estimate of drug-likeness (QED) is 0.663. The van der Waals surface area contributed by atoms with Gasteiger partial charge in [0, 0.05) is 30.3 Å². The SMILES string of the molecule is CC(CCC(=O)O)NC(=O)C1CCC(NC(=O)C2CCCC2)CC1. The molecule has 24 heavy (non-hydrogen) atoms. The Morgan fingerprint density at radius 2 is 1.54 bits per heavy atom. The summed E-state index contributed by atoms with van der Waals surface area (Å²) in [5.74, 6) is -0.441. The summed E-state index contributed by atoms with van der Waals surface area (Å²) in [4.78, 5) is 35.0. The molecule has 0 radical (unpaired) electrons. The zero-order chi connectivity index (χ0) is 17.5. The normalized spacial score (nSPS) is 25.9. The van der Waals surface area contributed by atoms with Gasteiger partial charge in [-0.25, -0.2) is 0 Å². The van der Waals surface area contributed by atoms with E-state index in [0.29, 0.717) is 6.42 Å². The first-order valence-electron chi connectivity index (χ1n) is 9.28. The van der Waals surface area contributed by atoms with Crippen LogP contribution in [0.2, 0.25) is 0 Å². The Labute approximate surface area is 143 Å². The van der Waals surface area contributed by atoms with Gasteiger partial charge in [0.2, 0.25) is 11.8 Å². The van der Waals surface area contributed by atoms with Gasteiger partial charge in [-0.15, -0.1) is 0 Å².